The van der Waals surface area contributed by atoms with Crippen molar-refractivity contribution in [1.82, 2.24) is 4.57 Å². The summed E-state index contributed by atoms with van der Waals surface area (Å²) in [5.74, 6) is 0.650. The molecule has 1 aliphatic heterocycles. The Kier molecular flexibility index (Phi) is 7.04. The third-order valence-corrected chi connectivity index (χ3v) is 6.95. The molecule has 2 aromatic carbocycles. The van der Waals surface area contributed by atoms with Crippen molar-refractivity contribution in [2.45, 2.75) is 19.9 Å². The van der Waals surface area contributed by atoms with Crippen LogP contribution in [0.4, 0.5) is 0 Å². The van der Waals surface area contributed by atoms with E-state index in [1.807, 2.05) is 49.4 Å². The molecule has 0 saturated heterocycles. The van der Waals surface area contributed by atoms with E-state index in [-0.39, 0.29) is 5.56 Å². The van der Waals surface area contributed by atoms with Gasteiger partial charge in [-0.2, -0.15) is 0 Å². The molecule has 2 heterocycles. The van der Waals surface area contributed by atoms with Gasteiger partial charge in [-0.3, -0.25) is 9.36 Å². The molecule has 0 N–H and O–H groups in total. The van der Waals surface area contributed by atoms with Crippen molar-refractivity contribution >= 4 is 39.3 Å². The fraction of sp³-hybridized carbons (Fsp3) is 0.240. The van der Waals surface area contributed by atoms with Crippen molar-refractivity contribution < 1.29 is 19.0 Å². The lowest BCUT2D eigenvalue weighted by molar-refractivity contribution is -0.136. The topological polar surface area (TPSA) is 79.1 Å². The summed E-state index contributed by atoms with van der Waals surface area (Å²) in [6, 6.07) is 12.5. The van der Waals surface area contributed by atoms with Gasteiger partial charge >= 0.3 is 5.97 Å². The second kappa shape index (κ2) is 9.99. The van der Waals surface area contributed by atoms with Gasteiger partial charge in [0.1, 0.15) is 0 Å². The zero-order chi connectivity index (χ0) is 24.4. The van der Waals surface area contributed by atoms with Crippen LogP contribution in [0.2, 0.25) is 0 Å². The highest BCUT2D eigenvalue weighted by atomic mass is 79.9. The SMILES string of the molecule is CCOc1cc(/C=c2\sc3n(c2=O)C(c2ccccc2)C(C(=O)OC)=C(C)N=3)cc(Br)c1OC. The first kappa shape index (κ1) is 24.0. The van der Waals surface area contributed by atoms with Crippen LogP contribution in [0.25, 0.3) is 6.08 Å². The molecule has 176 valence electrons. The van der Waals surface area contributed by atoms with Crippen molar-refractivity contribution in [3.8, 4) is 11.5 Å². The van der Waals surface area contributed by atoms with E-state index in [4.69, 9.17) is 14.2 Å². The number of thiazole rings is 1. The minimum absolute atomic E-state index is 0.239. The summed E-state index contributed by atoms with van der Waals surface area (Å²) in [7, 11) is 2.90. The number of ether oxygens (including phenoxy) is 3. The molecule has 0 fully saturated rings. The highest BCUT2D eigenvalue weighted by Crippen LogP contribution is 2.37. The molecule has 0 spiro atoms. The lowest BCUT2D eigenvalue weighted by atomic mass is 9.96. The van der Waals surface area contributed by atoms with Crippen LogP contribution in [-0.4, -0.2) is 31.4 Å². The Balaban J connectivity index is 1.94. The Morgan fingerprint density at radius 3 is 2.62 bits per heavy atom. The minimum atomic E-state index is -0.631. The van der Waals surface area contributed by atoms with Crippen LogP contribution in [0, 0.1) is 0 Å². The van der Waals surface area contributed by atoms with Gasteiger partial charge in [0.15, 0.2) is 16.3 Å². The number of carbonyl (C=O) groups is 1. The Hall–Kier alpha value is -3.17. The zero-order valence-electron chi connectivity index (χ0n) is 19.1. The normalized spacial score (nSPS) is 15.6. The number of nitrogens with zero attached hydrogens (tertiary/aromatic N) is 2. The zero-order valence-corrected chi connectivity index (χ0v) is 21.5. The monoisotopic (exact) mass is 542 g/mol. The fourth-order valence-electron chi connectivity index (χ4n) is 3.93. The van der Waals surface area contributed by atoms with Gasteiger partial charge in [-0.05, 0) is 59.1 Å². The van der Waals surface area contributed by atoms with Crippen LogP contribution in [0.15, 0.2) is 68.0 Å². The van der Waals surface area contributed by atoms with E-state index >= 15 is 0 Å². The molecule has 1 aromatic heterocycles. The molecule has 0 amide bonds. The van der Waals surface area contributed by atoms with E-state index in [1.54, 1.807) is 24.7 Å². The van der Waals surface area contributed by atoms with Gasteiger partial charge in [-0.25, -0.2) is 9.79 Å². The molecule has 1 unspecified atom stereocenters. The van der Waals surface area contributed by atoms with E-state index in [1.165, 1.54) is 18.4 Å². The second-order valence-electron chi connectivity index (χ2n) is 7.45. The van der Waals surface area contributed by atoms with Gasteiger partial charge in [-0.1, -0.05) is 41.7 Å². The maximum absolute atomic E-state index is 13.6. The lowest BCUT2D eigenvalue weighted by Crippen LogP contribution is -2.39. The molecular formula is C25H23BrN2O5S. The fourth-order valence-corrected chi connectivity index (χ4v) is 5.60. The van der Waals surface area contributed by atoms with Crippen LogP contribution in [0.1, 0.15) is 31.0 Å². The number of carbonyl (C=O) groups excluding carboxylic acids is 1. The van der Waals surface area contributed by atoms with E-state index in [0.717, 1.165) is 11.1 Å². The van der Waals surface area contributed by atoms with Crippen molar-refractivity contribution in [2.75, 3.05) is 20.8 Å². The smallest absolute Gasteiger partial charge is 0.338 e. The molecule has 34 heavy (non-hydrogen) atoms. The van der Waals surface area contributed by atoms with Crippen molar-refractivity contribution in [3.63, 3.8) is 0 Å². The van der Waals surface area contributed by atoms with E-state index in [0.29, 0.717) is 43.2 Å². The lowest BCUT2D eigenvalue weighted by Gasteiger charge is -2.24. The van der Waals surface area contributed by atoms with Gasteiger partial charge in [0.25, 0.3) is 5.56 Å². The number of hydrogen-bond donors (Lipinski definition) is 0. The highest BCUT2D eigenvalue weighted by molar-refractivity contribution is 9.10. The molecule has 7 nitrogen and oxygen atoms in total. The number of fused-ring (bicyclic) bond motifs is 1. The molecule has 0 saturated carbocycles. The number of aromatic nitrogens is 1. The highest BCUT2D eigenvalue weighted by Gasteiger charge is 2.32. The maximum Gasteiger partial charge on any atom is 0.338 e. The van der Waals surface area contributed by atoms with Gasteiger partial charge in [0.05, 0.1) is 47.1 Å². The van der Waals surface area contributed by atoms with Crippen molar-refractivity contribution in [2.24, 2.45) is 4.99 Å². The summed E-state index contributed by atoms with van der Waals surface area (Å²) < 4.78 is 18.9. The number of methoxy groups -OCH3 is 2. The average Bonchev–Trinajstić information content (AvgIpc) is 3.12. The molecule has 3 aromatic rings. The van der Waals surface area contributed by atoms with Crippen molar-refractivity contribution in [1.29, 1.82) is 0 Å². The Bertz CT molecular complexity index is 1460. The van der Waals surface area contributed by atoms with E-state index < -0.39 is 12.0 Å². The van der Waals surface area contributed by atoms with E-state index in [2.05, 4.69) is 20.9 Å². The molecule has 0 bridgehead atoms. The molecule has 9 heteroatoms. The third-order valence-electron chi connectivity index (χ3n) is 5.38. The Labute approximate surface area is 208 Å². The summed E-state index contributed by atoms with van der Waals surface area (Å²) in [5.41, 5.74) is 2.20. The summed E-state index contributed by atoms with van der Waals surface area (Å²) in [6.07, 6.45) is 1.79. The van der Waals surface area contributed by atoms with Crippen LogP contribution >= 0.6 is 27.3 Å². The summed E-state index contributed by atoms with van der Waals surface area (Å²) in [5, 5.41) is 0. The van der Waals surface area contributed by atoms with Crippen LogP contribution in [0.5, 0.6) is 11.5 Å². The number of benzene rings is 2. The predicted octanol–water partition coefficient (Wildman–Crippen LogP) is 3.58. The standard InChI is InChI=1S/C25H23BrN2O5S/c1-5-33-18-12-15(11-17(26)22(18)31-3)13-19-23(29)28-21(16-9-7-6-8-10-16)20(24(30)32-4)14(2)27-25(28)34-19/h6-13,21H,5H2,1-4H3/b19-13-. The Morgan fingerprint density at radius 2 is 1.97 bits per heavy atom. The number of esters is 1. The van der Waals surface area contributed by atoms with E-state index in [9.17, 15) is 9.59 Å². The second-order valence-corrected chi connectivity index (χ2v) is 9.31. The summed E-state index contributed by atoms with van der Waals surface area (Å²) in [4.78, 5) is 31.4. The first-order chi connectivity index (χ1) is 16.4. The van der Waals surface area contributed by atoms with Gasteiger partial charge < -0.3 is 14.2 Å². The predicted molar refractivity (Wildman–Crippen MR) is 134 cm³/mol. The van der Waals surface area contributed by atoms with Gasteiger partial charge in [-0.15, -0.1) is 0 Å². The summed E-state index contributed by atoms with van der Waals surface area (Å²) >= 11 is 4.79. The Morgan fingerprint density at radius 1 is 1.24 bits per heavy atom. The summed E-state index contributed by atoms with van der Waals surface area (Å²) in [6.45, 7) is 4.12. The number of hydrogen-bond acceptors (Lipinski definition) is 7. The van der Waals surface area contributed by atoms with Crippen LogP contribution in [-0.2, 0) is 9.53 Å². The van der Waals surface area contributed by atoms with Crippen LogP contribution < -0.4 is 24.4 Å². The quantitative estimate of drug-likeness (QED) is 0.445. The first-order valence-corrected chi connectivity index (χ1v) is 12.2. The molecule has 1 atom stereocenters. The molecule has 1 aliphatic rings. The minimum Gasteiger partial charge on any atom is -0.492 e. The molecule has 0 aliphatic carbocycles. The number of allylic oxidation sites excluding steroid dienone is 1. The van der Waals surface area contributed by atoms with Crippen LogP contribution in [0.3, 0.4) is 0 Å². The largest absolute Gasteiger partial charge is 0.492 e. The number of halogens is 1. The van der Waals surface area contributed by atoms with Crippen molar-refractivity contribution in [3.05, 3.63) is 89.0 Å². The van der Waals surface area contributed by atoms with Gasteiger partial charge in [0.2, 0.25) is 0 Å². The average molecular weight is 543 g/mol. The number of rotatable bonds is 6. The third kappa shape index (κ3) is 4.33. The first-order valence-electron chi connectivity index (χ1n) is 10.6. The molecular weight excluding hydrogens is 520 g/mol. The molecule has 4 rings (SSSR count). The maximum atomic E-state index is 13.6. The van der Waals surface area contributed by atoms with Gasteiger partial charge in [0, 0.05) is 0 Å². The molecule has 0 radical (unpaired) electrons.